The normalized spacial score (nSPS) is 12.3. The third-order valence-corrected chi connectivity index (χ3v) is 5.45. The van der Waals surface area contributed by atoms with Crippen molar-refractivity contribution in [1.82, 2.24) is 9.97 Å². The van der Waals surface area contributed by atoms with E-state index in [1.165, 1.54) is 0 Å². The van der Waals surface area contributed by atoms with Gasteiger partial charge in [0.25, 0.3) is 0 Å². The van der Waals surface area contributed by atoms with Gasteiger partial charge in [0.2, 0.25) is 17.7 Å². The number of amides is 1. The van der Waals surface area contributed by atoms with E-state index < -0.39 is 29.3 Å². The minimum atomic E-state index is -4.61. The van der Waals surface area contributed by atoms with Gasteiger partial charge in [-0.25, -0.2) is 4.98 Å². The molecule has 0 saturated carbocycles. The highest BCUT2D eigenvalue weighted by Gasteiger charge is 2.33. The summed E-state index contributed by atoms with van der Waals surface area (Å²) in [4.78, 5) is 22.0. The number of benzene rings is 2. The zero-order valence-corrected chi connectivity index (χ0v) is 18.7. The van der Waals surface area contributed by atoms with Crippen molar-refractivity contribution in [1.29, 1.82) is 0 Å². The highest BCUT2D eigenvalue weighted by molar-refractivity contribution is 5.97. The summed E-state index contributed by atoms with van der Waals surface area (Å²) in [5, 5.41) is 13.1. The van der Waals surface area contributed by atoms with Crippen LogP contribution >= 0.6 is 0 Å². The maximum atomic E-state index is 13.3. The molecule has 1 amide bonds. The molecule has 4 aromatic rings. The van der Waals surface area contributed by atoms with Gasteiger partial charge in [0.1, 0.15) is 11.4 Å². The van der Waals surface area contributed by atoms with E-state index in [1.807, 2.05) is 37.3 Å². The molecule has 1 atom stereocenters. The van der Waals surface area contributed by atoms with Gasteiger partial charge in [-0.1, -0.05) is 37.6 Å². The minimum absolute atomic E-state index is 0.0781. The van der Waals surface area contributed by atoms with E-state index in [0.29, 0.717) is 35.7 Å². The summed E-state index contributed by atoms with van der Waals surface area (Å²) in [5.41, 5.74) is 0.776. The predicted octanol–water partition coefficient (Wildman–Crippen LogP) is 6.65. The van der Waals surface area contributed by atoms with Gasteiger partial charge in [0, 0.05) is 29.1 Å². The van der Waals surface area contributed by atoms with Crippen molar-refractivity contribution in [3.8, 4) is 28.5 Å². The number of phenols is 1. The van der Waals surface area contributed by atoms with Gasteiger partial charge < -0.3 is 9.52 Å². The van der Waals surface area contributed by atoms with Crippen LogP contribution in [0, 0.1) is 0 Å². The Labute approximate surface area is 199 Å². The maximum absolute atomic E-state index is 13.3. The molecule has 2 heterocycles. The third-order valence-electron chi connectivity index (χ3n) is 5.45. The van der Waals surface area contributed by atoms with Crippen molar-refractivity contribution in [3.63, 3.8) is 0 Å². The fourth-order valence-corrected chi connectivity index (χ4v) is 3.74. The molecule has 6 nitrogen and oxygen atoms in total. The summed E-state index contributed by atoms with van der Waals surface area (Å²) in [5.74, 6) is -1.68. The Morgan fingerprint density at radius 2 is 1.83 bits per heavy atom. The van der Waals surface area contributed by atoms with E-state index >= 15 is 0 Å². The van der Waals surface area contributed by atoms with E-state index in [4.69, 9.17) is 4.42 Å². The predicted molar refractivity (Wildman–Crippen MR) is 125 cm³/mol. The summed E-state index contributed by atoms with van der Waals surface area (Å²) in [6, 6.07) is 15.2. The van der Waals surface area contributed by atoms with Crippen molar-refractivity contribution in [2.75, 3.05) is 5.32 Å². The van der Waals surface area contributed by atoms with Crippen LogP contribution in [-0.4, -0.2) is 21.0 Å². The van der Waals surface area contributed by atoms with Gasteiger partial charge in [-0.2, -0.15) is 13.2 Å². The Balaban J connectivity index is 1.70. The number of hydrogen-bond donors (Lipinski definition) is 2. The van der Waals surface area contributed by atoms with Crippen LogP contribution in [0.1, 0.15) is 36.8 Å². The summed E-state index contributed by atoms with van der Waals surface area (Å²) in [6.07, 6.45) is -0.574. The first kappa shape index (κ1) is 24.0. The number of aromatic nitrogens is 2. The Morgan fingerprint density at radius 3 is 2.46 bits per heavy atom. The molecule has 0 saturated heterocycles. The monoisotopic (exact) mass is 481 g/mol. The number of anilines is 1. The first-order valence-electron chi connectivity index (χ1n) is 11.0. The van der Waals surface area contributed by atoms with E-state index in [2.05, 4.69) is 15.3 Å². The number of hydrogen-bond acceptors (Lipinski definition) is 5. The molecule has 2 aromatic carbocycles. The zero-order chi connectivity index (χ0) is 25.0. The van der Waals surface area contributed by atoms with Gasteiger partial charge >= 0.3 is 6.18 Å². The van der Waals surface area contributed by atoms with E-state index in [-0.39, 0.29) is 17.3 Å². The molecule has 1 unspecified atom stereocenters. The first-order valence-corrected chi connectivity index (χ1v) is 11.0. The second-order valence-corrected chi connectivity index (χ2v) is 7.91. The second kappa shape index (κ2) is 10.0. The van der Waals surface area contributed by atoms with E-state index in [1.54, 1.807) is 24.5 Å². The molecule has 0 aliphatic carbocycles. The quantitative estimate of drug-likeness (QED) is 0.309. The van der Waals surface area contributed by atoms with Crippen LogP contribution in [0.15, 0.2) is 77.5 Å². The highest BCUT2D eigenvalue weighted by Crippen LogP contribution is 2.38. The summed E-state index contributed by atoms with van der Waals surface area (Å²) >= 11 is 0. The average Bonchev–Trinajstić information content (AvgIpc) is 3.27. The number of pyridine rings is 1. The third kappa shape index (κ3) is 5.34. The number of rotatable bonds is 7. The van der Waals surface area contributed by atoms with Gasteiger partial charge in [-0.3, -0.25) is 15.1 Å². The summed E-state index contributed by atoms with van der Waals surface area (Å²) < 4.78 is 45.0. The number of halogens is 3. The van der Waals surface area contributed by atoms with Gasteiger partial charge in [-0.15, -0.1) is 0 Å². The standard InChI is InChI=1S/C26H22F3N3O3/c1-2-7-20(19-12-11-18(14-21(19)33)26(27,28)29)23(34)32-25-22(17-10-6-13-30-15-17)31-24(35-25)16-8-4-3-5-9-16/h3-6,8-15,20,33H,2,7H2,1H3,(H,32,34). The lowest BCUT2D eigenvalue weighted by Crippen LogP contribution is -2.21. The smallest absolute Gasteiger partial charge is 0.416 e. The van der Waals surface area contributed by atoms with Crippen molar-refractivity contribution in [3.05, 3.63) is 84.2 Å². The van der Waals surface area contributed by atoms with Crippen LogP contribution in [0.5, 0.6) is 5.75 Å². The van der Waals surface area contributed by atoms with Crippen LogP contribution in [0.2, 0.25) is 0 Å². The lowest BCUT2D eigenvalue weighted by molar-refractivity contribution is -0.137. The molecule has 35 heavy (non-hydrogen) atoms. The van der Waals surface area contributed by atoms with E-state index in [0.717, 1.165) is 12.1 Å². The summed E-state index contributed by atoms with van der Waals surface area (Å²) in [6.45, 7) is 1.84. The van der Waals surface area contributed by atoms with Crippen molar-refractivity contribution < 1.29 is 27.5 Å². The van der Waals surface area contributed by atoms with Crippen LogP contribution in [0.25, 0.3) is 22.7 Å². The highest BCUT2D eigenvalue weighted by atomic mass is 19.4. The molecule has 2 aromatic heterocycles. The Kier molecular flexibility index (Phi) is 6.86. The number of alkyl halides is 3. The molecule has 0 fully saturated rings. The van der Waals surface area contributed by atoms with Crippen LogP contribution in [-0.2, 0) is 11.0 Å². The van der Waals surface area contributed by atoms with Gasteiger partial charge in [0.15, 0.2) is 0 Å². The van der Waals surface area contributed by atoms with Crippen LogP contribution in [0.4, 0.5) is 19.1 Å². The number of nitrogens with one attached hydrogen (secondary N) is 1. The Bertz CT molecular complexity index is 1310. The van der Waals surface area contributed by atoms with E-state index in [9.17, 15) is 23.1 Å². The average molecular weight is 481 g/mol. The molecule has 2 N–H and O–H groups in total. The number of aromatic hydroxyl groups is 1. The molecule has 0 aliphatic heterocycles. The first-order chi connectivity index (χ1) is 16.8. The summed E-state index contributed by atoms with van der Waals surface area (Å²) in [7, 11) is 0. The molecule has 0 spiro atoms. The Morgan fingerprint density at radius 1 is 1.09 bits per heavy atom. The molecule has 0 bridgehead atoms. The Hall–Kier alpha value is -4.14. The van der Waals surface area contributed by atoms with Crippen molar-refractivity contribution in [2.45, 2.75) is 31.9 Å². The number of carbonyl (C=O) groups excluding carboxylic acids is 1. The molecular weight excluding hydrogens is 459 g/mol. The number of oxazole rings is 1. The SMILES string of the molecule is CCCC(C(=O)Nc1oc(-c2ccccc2)nc1-c1cccnc1)c1ccc(C(F)(F)F)cc1O. The fraction of sp³-hybridized carbons (Fsp3) is 0.192. The molecule has 180 valence electrons. The molecular formula is C26H22F3N3O3. The second-order valence-electron chi connectivity index (χ2n) is 7.91. The van der Waals surface area contributed by atoms with Crippen LogP contribution < -0.4 is 5.32 Å². The van der Waals surface area contributed by atoms with Gasteiger partial charge in [0.05, 0.1) is 11.5 Å². The zero-order valence-electron chi connectivity index (χ0n) is 18.7. The van der Waals surface area contributed by atoms with Gasteiger partial charge in [-0.05, 0) is 42.8 Å². The fourth-order valence-electron chi connectivity index (χ4n) is 3.74. The minimum Gasteiger partial charge on any atom is -0.508 e. The van der Waals surface area contributed by atoms with Crippen LogP contribution in [0.3, 0.4) is 0 Å². The topological polar surface area (TPSA) is 88.3 Å². The largest absolute Gasteiger partial charge is 0.508 e. The maximum Gasteiger partial charge on any atom is 0.416 e. The molecule has 0 aliphatic rings. The molecule has 0 radical (unpaired) electrons. The number of nitrogens with zero attached hydrogens (tertiary/aromatic N) is 2. The lowest BCUT2D eigenvalue weighted by Gasteiger charge is -2.18. The number of carbonyl (C=O) groups is 1. The van der Waals surface area contributed by atoms with Crippen molar-refractivity contribution in [2.24, 2.45) is 0 Å². The number of phenolic OH excluding ortho intramolecular Hbond substituents is 1. The lowest BCUT2D eigenvalue weighted by atomic mass is 9.91. The van der Waals surface area contributed by atoms with Crippen molar-refractivity contribution >= 4 is 11.8 Å². The molecule has 4 rings (SSSR count). The molecule has 9 heteroatoms.